The highest BCUT2D eigenvalue weighted by Gasteiger charge is 2.28. The number of aromatic hydroxyl groups is 1. The zero-order valence-electron chi connectivity index (χ0n) is 17.2. The predicted molar refractivity (Wildman–Crippen MR) is 107 cm³/mol. The van der Waals surface area contributed by atoms with Crippen LogP contribution in [0.4, 0.5) is 0 Å². The maximum atomic E-state index is 12.9. The summed E-state index contributed by atoms with van der Waals surface area (Å²) in [5.41, 5.74) is 0.448. The highest BCUT2D eigenvalue weighted by molar-refractivity contribution is 6.11. The van der Waals surface area contributed by atoms with Crippen molar-refractivity contribution in [3.8, 4) is 46.0 Å². The minimum Gasteiger partial charge on any atom is -0.507 e. The van der Waals surface area contributed by atoms with Gasteiger partial charge in [0.25, 0.3) is 0 Å². The van der Waals surface area contributed by atoms with Gasteiger partial charge in [0.2, 0.25) is 24.0 Å². The van der Waals surface area contributed by atoms with Crippen molar-refractivity contribution >= 4 is 11.9 Å². The van der Waals surface area contributed by atoms with Crippen molar-refractivity contribution in [2.45, 2.75) is 0 Å². The Labute approximate surface area is 173 Å². The molecule has 0 saturated carbocycles. The standard InChI is InChI=1S/C21H22O9/c1-24-14-8-11(17(25-2)21(28-5)18(14)26-3)6-7-12(22)16-13(23)9-15-19(20(16)27-4)30-10-29-15/h6-9,23H,10H2,1-5H3. The highest BCUT2D eigenvalue weighted by Crippen LogP contribution is 2.49. The SMILES string of the molecule is COc1cc(C=CC(=O)c2c(O)cc3c(c2OC)OCO3)c(OC)c(OC)c1OC. The van der Waals surface area contributed by atoms with Crippen molar-refractivity contribution in [3.05, 3.63) is 29.3 Å². The van der Waals surface area contributed by atoms with Crippen LogP contribution in [0.25, 0.3) is 6.08 Å². The first kappa shape index (κ1) is 21.0. The first-order chi connectivity index (χ1) is 14.5. The maximum Gasteiger partial charge on any atom is 0.231 e. The minimum absolute atomic E-state index is 0.0265. The number of allylic oxidation sites excluding steroid dienone is 1. The largest absolute Gasteiger partial charge is 0.507 e. The first-order valence-electron chi connectivity index (χ1n) is 8.79. The lowest BCUT2D eigenvalue weighted by Gasteiger charge is -2.17. The van der Waals surface area contributed by atoms with Gasteiger partial charge < -0.3 is 38.3 Å². The van der Waals surface area contributed by atoms with E-state index in [0.29, 0.717) is 34.3 Å². The number of fused-ring (bicyclic) bond motifs is 1. The van der Waals surface area contributed by atoms with E-state index in [9.17, 15) is 9.90 Å². The molecule has 9 nitrogen and oxygen atoms in total. The van der Waals surface area contributed by atoms with Crippen LogP contribution in [0.2, 0.25) is 0 Å². The Morgan fingerprint density at radius 1 is 0.900 bits per heavy atom. The molecule has 0 amide bonds. The number of carbonyl (C=O) groups is 1. The van der Waals surface area contributed by atoms with Crippen molar-refractivity contribution in [1.29, 1.82) is 0 Å². The van der Waals surface area contributed by atoms with Crippen molar-refractivity contribution in [2.24, 2.45) is 0 Å². The Kier molecular flexibility index (Phi) is 6.10. The molecule has 0 fully saturated rings. The molecule has 2 aromatic carbocycles. The van der Waals surface area contributed by atoms with Gasteiger partial charge in [-0.2, -0.15) is 0 Å². The topological polar surface area (TPSA) is 102 Å². The Hall–Kier alpha value is -3.75. The summed E-state index contributed by atoms with van der Waals surface area (Å²) in [6.45, 7) is -0.0265. The van der Waals surface area contributed by atoms with Gasteiger partial charge in [0.1, 0.15) is 11.3 Å². The molecule has 3 rings (SSSR count). The molecule has 0 radical (unpaired) electrons. The van der Waals surface area contributed by atoms with Gasteiger partial charge >= 0.3 is 0 Å². The van der Waals surface area contributed by atoms with Crippen molar-refractivity contribution in [3.63, 3.8) is 0 Å². The number of phenolic OH excluding ortho intramolecular Hbond substituents is 1. The average Bonchev–Trinajstić information content (AvgIpc) is 3.22. The Morgan fingerprint density at radius 3 is 2.17 bits per heavy atom. The molecular weight excluding hydrogens is 396 g/mol. The number of methoxy groups -OCH3 is 5. The number of benzene rings is 2. The van der Waals surface area contributed by atoms with Crippen LogP contribution in [0.1, 0.15) is 15.9 Å². The molecular formula is C21H22O9. The summed E-state index contributed by atoms with van der Waals surface area (Å²) in [6, 6.07) is 2.95. The molecule has 1 N–H and O–H groups in total. The lowest BCUT2D eigenvalue weighted by Crippen LogP contribution is -2.02. The number of ether oxygens (including phenoxy) is 7. The zero-order chi connectivity index (χ0) is 21.8. The summed E-state index contributed by atoms with van der Waals surface area (Å²) >= 11 is 0. The molecule has 0 aromatic heterocycles. The molecule has 2 aromatic rings. The summed E-state index contributed by atoms with van der Waals surface area (Å²) in [5.74, 6) is 1.26. The molecule has 160 valence electrons. The highest BCUT2D eigenvalue weighted by atomic mass is 16.7. The lowest BCUT2D eigenvalue weighted by atomic mass is 10.0. The summed E-state index contributed by atoms with van der Waals surface area (Å²) in [4.78, 5) is 12.9. The molecule has 0 saturated heterocycles. The molecule has 1 aliphatic rings. The number of carbonyl (C=O) groups excluding carboxylic acids is 1. The second kappa shape index (κ2) is 8.73. The van der Waals surface area contributed by atoms with Crippen molar-refractivity contribution in [2.75, 3.05) is 42.3 Å². The van der Waals surface area contributed by atoms with E-state index in [1.54, 1.807) is 6.07 Å². The van der Waals surface area contributed by atoms with Gasteiger partial charge in [0.15, 0.2) is 28.8 Å². The summed E-state index contributed by atoms with van der Waals surface area (Å²) in [5, 5.41) is 10.3. The van der Waals surface area contributed by atoms with E-state index in [0.717, 1.165) is 0 Å². The van der Waals surface area contributed by atoms with Gasteiger partial charge in [0.05, 0.1) is 35.5 Å². The van der Waals surface area contributed by atoms with E-state index in [4.69, 9.17) is 33.2 Å². The summed E-state index contributed by atoms with van der Waals surface area (Å²) in [6.07, 6.45) is 2.78. The van der Waals surface area contributed by atoms with Crippen LogP contribution in [-0.4, -0.2) is 53.2 Å². The third kappa shape index (κ3) is 3.49. The fraction of sp³-hybridized carbons (Fsp3) is 0.286. The fourth-order valence-corrected chi connectivity index (χ4v) is 3.16. The van der Waals surface area contributed by atoms with Gasteiger partial charge in [-0.25, -0.2) is 0 Å². The predicted octanol–water partition coefficient (Wildman–Crippen LogP) is 3.06. The van der Waals surface area contributed by atoms with E-state index < -0.39 is 5.78 Å². The normalized spacial score (nSPS) is 12.0. The fourth-order valence-electron chi connectivity index (χ4n) is 3.16. The molecule has 30 heavy (non-hydrogen) atoms. The van der Waals surface area contributed by atoms with Crippen LogP contribution >= 0.6 is 0 Å². The van der Waals surface area contributed by atoms with Crippen LogP contribution in [0, 0.1) is 0 Å². The van der Waals surface area contributed by atoms with Gasteiger partial charge in [0, 0.05) is 11.6 Å². The quantitative estimate of drug-likeness (QED) is 0.512. The molecule has 9 heteroatoms. The van der Waals surface area contributed by atoms with E-state index in [2.05, 4.69) is 0 Å². The third-order valence-electron chi connectivity index (χ3n) is 4.48. The van der Waals surface area contributed by atoms with Gasteiger partial charge in [-0.1, -0.05) is 0 Å². The lowest BCUT2D eigenvalue weighted by molar-refractivity contribution is 0.104. The first-order valence-corrected chi connectivity index (χ1v) is 8.79. The van der Waals surface area contributed by atoms with Crippen molar-refractivity contribution < 1.29 is 43.1 Å². The molecule has 0 aliphatic carbocycles. The summed E-state index contributed by atoms with van der Waals surface area (Å²) in [7, 11) is 7.27. The Balaban J connectivity index is 2.06. The monoisotopic (exact) mass is 418 g/mol. The minimum atomic E-state index is -0.515. The van der Waals surface area contributed by atoms with E-state index in [-0.39, 0.29) is 29.6 Å². The molecule has 0 atom stereocenters. The van der Waals surface area contributed by atoms with E-state index in [1.807, 2.05) is 0 Å². The molecule has 1 heterocycles. The van der Waals surface area contributed by atoms with Crippen LogP contribution in [0.3, 0.4) is 0 Å². The number of ketones is 1. The smallest absolute Gasteiger partial charge is 0.231 e. The molecule has 0 bridgehead atoms. The van der Waals surface area contributed by atoms with Gasteiger partial charge in [-0.15, -0.1) is 0 Å². The third-order valence-corrected chi connectivity index (χ3v) is 4.48. The summed E-state index contributed by atoms with van der Waals surface area (Å²) < 4.78 is 37.4. The number of hydrogen-bond acceptors (Lipinski definition) is 9. The van der Waals surface area contributed by atoms with Gasteiger partial charge in [-0.3, -0.25) is 4.79 Å². The molecule has 0 unspecified atom stereocenters. The molecule has 1 aliphatic heterocycles. The average molecular weight is 418 g/mol. The number of hydrogen-bond donors (Lipinski definition) is 1. The van der Waals surface area contributed by atoms with Crippen LogP contribution < -0.4 is 33.2 Å². The second-order valence-electron chi connectivity index (χ2n) is 6.00. The van der Waals surface area contributed by atoms with E-state index in [1.165, 1.54) is 53.8 Å². The van der Waals surface area contributed by atoms with Crippen LogP contribution in [-0.2, 0) is 0 Å². The number of rotatable bonds is 8. The second-order valence-corrected chi connectivity index (χ2v) is 6.00. The number of phenols is 1. The Bertz CT molecular complexity index is 995. The Morgan fingerprint density at radius 2 is 1.57 bits per heavy atom. The van der Waals surface area contributed by atoms with Crippen molar-refractivity contribution in [1.82, 2.24) is 0 Å². The zero-order valence-corrected chi connectivity index (χ0v) is 17.2. The molecule has 0 spiro atoms. The van der Waals surface area contributed by atoms with Crippen LogP contribution in [0.15, 0.2) is 18.2 Å². The van der Waals surface area contributed by atoms with Crippen LogP contribution in [0.5, 0.6) is 46.0 Å². The van der Waals surface area contributed by atoms with Gasteiger partial charge in [-0.05, 0) is 18.2 Å². The maximum absolute atomic E-state index is 12.9. The van der Waals surface area contributed by atoms with E-state index >= 15 is 0 Å².